The first-order valence-corrected chi connectivity index (χ1v) is 6.11. The van der Waals surface area contributed by atoms with Gasteiger partial charge in [0, 0.05) is 11.1 Å². The molecule has 0 atom stereocenters. The Bertz CT molecular complexity index is 699. The fourth-order valence-corrected chi connectivity index (χ4v) is 2.01. The lowest BCUT2D eigenvalue weighted by atomic mass is 10.1. The summed E-state index contributed by atoms with van der Waals surface area (Å²) in [7, 11) is 0. The second-order valence-corrected chi connectivity index (χ2v) is 4.51. The number of hydrogen-bond donors (Lipinski definition) is 1. The molecule has 0 spiro atoms. The maximum absolute atomic E-state index is 13.7. The van der Waals surface area contributed by atoms with E-state index < -0.39 is 0 Å². The van der Waals surface area contributed by atoms with Crippen molar-refractivity contribution in [1.82, 2.24) is 10.2 Å². The van der Waals surface area contributed by atoms with Gasteiger partial charge in [0.05, 0.1) is 11.4 Å². The summed E-state index contributed by atoms with van der Waals surface area (Å²) in [4.78, 5) is 0. The molecule has 0 fully saturated rings. The summed E-state index contributed by atoms with van der Waals surface area (Å²) in [5.74, 6) is -0.249. The Balaban J connectivity index is 2.00. The normalized spacial score (nSPS) is 10.6. The Kier molecular flexibility index (Phi) is 2.88. The summed E-state index contributed by atoms with van der Waals surface area (Å²) in [5, 5.41) is 7.13. The number of H-pyrrole nitrogens is 1. The second-order valence-electron chi connectivity index (χ2n) is 4.51. The molecule has 94 valence electrons. The molecule has 0 aliphatic rings. The summed E-state index contributed by atoms with van der Waals surface area (Å²) in [6.07, 6.45) is 0. The molecule has 0 amide bonds. The molecule has 1 heterocycles. The third-order valence-corrected chi connectivity index (χ3v) is 3.09. The van der Waals surface area contributed by atoms with Gasteiger partial charge < -0.3 is 0 Å². The molecule has 0 saturated heterocycles. The predicted octanol–water partition coefficient (Wildman–Crippen LogP) is 4.19. The largest absolute Gasteiger partial charge is 0.277 e. The number of aromatic amines is 1. The zero-order chi connectivity index (χ0) is 13.2. The van der Waals surface area contributed by atoms with E-state index in [1.54, 1.807) is 12.1 Å². The lowest BCUT2D eigenvalue weighted by Crippen LogP contribution is -1.82. The van der Waals surface area contributed by atoms with E-state index in [0.717, 1.165) is 11.3 Å². The van der Waals surface area contributed by atoms with Gasteiger partial charge in [-0.2, -0.15) is 5.10 Å². The fraction of sp³-hybridized carbons (Fsp3) is 0.0625. The predicted molar refractivity (Wildman–Crippen MR) is 74.2 cm³/mol. The van der Waals surface area contributed by atoms with E-state index in [4.69, 9.17) is 0 Å². The van der Waals surface area contributed by atoms with Crippen LogP contribution in [0.2, 0.25) is 0 Å². The van der Waals surface area contributed by atoms with Crippen molar-refractivity contribution >= 4 is 0 Å². The molecule has 19 heavy (non-hydrogen) atoms. The van der Waals surface area contributed by atoms with Crippen LogP contribution in [0.4, 0.5) is 4.39 Å². The number of benzene rings is 2. The zero-order valence-corrected chi connectivity index (χ0v) is 10.5. The van der Waals surface area contributed by atoms with Crippen LogP contribution in [0, 0.1) is 12.7 Å². The van der Waals surface area contributed by atoms with Gasteiger partial charge in [0.1, 0.15) is 5.82 Å². The summed E-state index contributed by atoms with van der Waals surface area (Å²) in [6.45, 7) is 2.04. The molecule has 2 nitrogen and oxygen atoms in total. The van der Waals surface area contributed by atoms with E-state index in [-0.39, 0.29) is 5.82 Å². The van der Waals surface area contributed by atoms with E-state index >= 15 is 0 Å². The van der Waals surface area contributed by atoms with Gasteiger partial charge in [-0.25, -0.2) is 4.39 Å². The van der Waals surface area contributed by atoms with E-state index in [0.29, 0.717) is 11.3 Å². The zero-order valence-electron chi connectivity index (χ0n) is 10.5. The minimum absolute atomic E-state index is 0.249. The molecule has 0 radical (unpaired) electrons. The number of halogens is 1. The molecular formula is C16H13FN2. The van der Waals surface area contributed by atoms with Crippen LogP contribution >= 0.6 is 0 Å². The number of hydrogen-bond acceptors (Lipinski definition) is 1. The summed E-state index contributed by atoms with van der Waals surface area (Å²) < 4.78 is 13.7. The van der Waals surface area contributed by atoms with Crippen molar-refractivity contribution in [2.24, 2.45) is 0 Å². The lowest BCUT2D eigenvalue weighted by Gasteiger charge is -1.98. The Labute approximate surface area is 110 Å². The van der Waals surface area contributed by atoms with Gasteiger partial charge >= 0.3 is 0 Å². The lowest BCUT2D eigenvalue weighted by molar-refractivity contribution is 0.630. The highest BCUT2D eigenvalue weighted by atomic mass is 19.1. The Hall–Kier alpha value is -2.42. The first-order chi connectivity index (χ1) is 9.24. The smallest absolute Gasteiger partial charge is 0.132 e. The van der Waals surface area contributed by atoms with Crippen molar-refractivity contribution in [2.75, 3.05) is 0 Å². The maximum Gasteiger partial charge on any atom is 0.132 e. The maximum atomic E-state index is 13.7. The first kappa shape index (κ1) is 11.7. The van der Waals surface area contributed by atoms with Crippen molar-refractivity contribution in [2.45, 2.75) is 6.92 Å². The molecule has 0 bridgehead atoms. The summed E-state index contributed by atoms with van der Waals surface area (Å²) in [5.41, 5.74) is 4.26. The van der Waals surface area contributed by atoms with E-state index in [1.807, 2.05) is 43.3 Å². The van der Waals surface area contributed by atoms with Gasteiger partial charge in [0.15, 0.2) is 0 Å². The topological polar surface area (TPSA) is 28.7 Å². The average Bonchev–Trinajstić information content (AvgIpc) is 2.89. The number of aromatic nitrogens is 2. The van der Waals surface area contributed by atoms with Crippen LogP contribution in [0.25, 0.3) is 22.5 Å². The Morgan fingerprint density at radius 1 is 1.00 bits per heavy atom. The van der Waals surface area contributed by atoms with Crippen molar-refractivity contribution in [3.8, 4) is 22.5 Å². The first-order valence-electron chi connectivity index (χ1n) is 6.11. The summed E-state index contributed by atoms with van der Waals surface area (Å²) in [6, 6.07) is 16.6. The quantitative estimate of drug-likeness (QED) is 0.727. The molecule has 0 saturated carbocycles. The average molecular weight is 252 g/mol. The SMILES string of the molecule is Cc1ccc(-c2cc(-c3ccccc3F)[nH]n2)cc1. The summed E-state index contributed by atoms with van der Waals surface area (Å²) >= 11 is 0. The molecule has 1 N–H and O–H groups in total. The Morgan fingerprint density at radius 2 is 1.74 bits per heavy atom. The van der Waals surface area contributed by atoms with Crippen molar-refractivity contribution in [1.29, 1.82) is 0 Å². The van der Waals surface area contributed by atoms with Crippen LogP contribution in [0.3, 0.4) is 0 Å². The van der Waals surface area contributed by atoms with E-state index in [9.17, 15) is 4.39 Å². The monoisotopic (exact) mass is 252 g/mol. The van der Waals surface area contributed by atoms with E-state index in [2.05, 4.69) is 10.2 Å². The van der Waals surface area contributed by atoms with Crippen LogP contribution in [-0.4, -0.2) is 10.2 Å². The standard InChI is InChI=1S/C16H13FN2/c1-11-6-8-12(9-7-11)15-10-16(19-18-15)13-4-2-3-5-14(13)17/h2-10H,1H3,(H,18,19). The fourth-order valence-electron chi connectivity index (χ4n) is 2.01. The number of nitrogens with zero attached hydrogens (tertiary/aromatic N) is 1. The number of nitrogens with one attached hydrogen (secondary N) is 1. The highest BCUT2D eigenvalue weighted by molar-refractivity contribution is 5.68. The van der Waals surface area contributed by atoms with Gasteiger partial charge in [-0.1, -0.05) is 42.0 Å². The highest BCUT2D eigenvalue weighted by Gasteiger charge is 2.08. The molecule has 0 unspecified atom stereocenters. The van der Waals surface area contributed by atoms with Crippen LogP contribution in [0.15, 0.2) is 54.6 Å². The van der Waals surface area contributed by atoms with Gasteiger partial charge in [0.25, 0.3) is 0 Å². The molecule has 0 aliphatic carbocycles. The molecule has 3 rings (SSSR count). The van der Waals surface area contributed by atoms with Gasteiger partial charge in [0.2, 0.25) is 0 Å². The molecule has 2 aromatic carbocycles. The molecule has 0 aliphatic heterocycles. The molecule has 3 aromatic rings. The van der Waals surface area contributed by atoms with Crippen LogP contribution < -0.4 is 0 Å². The van der Waals surface area contributed by atoms with Gasteiger partial charge in [-0.3, -0.25) is 5.10 Å². The van der Waals surface area contributed by atoms with Crippen LogP contribution in [0.5, 0.6) is 0 Å². The van der Waals surface area contributed by atoms with Crippen molar-refractivity contribution in [3.05, 3.63) is 66.0 Å². The molecule has 3 heteroatoms. The van der Waals surface area contributed by atoms with Crippen molar-refractivity contribution < 1.29 is 4.39 Å². The van der Waals surface area contributed by atoms with Crippen LogP contribution in [-0.2, 0) is 0 Å². The molecule has 1 aromatic heterocycles. The third kappa shape index (κ3) is 2.27. The minimum Gasteiger partial charge on any atom is -0.277 e. The molecular weight excluding hydrogens is 239 g/mol. The van der Waals surface area contributed by atoms with Gasteiger partial charge in [-0.05, 0) is 25.1 Å². The minimum atomic E-state index is -0.249. The second kappa shape index (κ2) is 4.69. The Morgan fingerprint density at radius 3 is 2.47 bits per heavy atom. The number of rotatable bonds is 2. The van der Waals surface area contributed by atoms with Crippen LogP contribution in [0.1, 0.15) is 5.56 Å². The number of aryl methyl sites for hydroxylation is 1. The third-order valence-electron chi connectivity index (χ3n) is 3.09. The van der Waals surface area contributed by atoms with Gasteiger partial charge in [-0.15, -0.1) is 0 Å². The van der Waals surface area contributed by atoms with Crippen molar-refractivity contribution in [3.63, 3.8) is 0 Å². The van der Waals surface area contributed by atoms with E-state index in [1.165, 1.54) is 11.6 Å². The highest BCUT2D eigenvalue weighted by Crippen LogP contribution is 2.25.